The highest BCUT2D eigenvalue weighted by Gasteiger charge is 2.36. The molecule has 1 saturated heterocycles. The number of nitrogens with zero attached hydrogens (tertiary/aromatic N) is 1. The molecule has 200 valence electrons. The predicted octanol–water partition coefficient (Wildman–Crippen LogP) is 6.09. The van der Waals surface area contributed by atoms with Crippen LogP contribution in [0.25, 0.3) is 6.08 Å². The van der Waals surface area contributed by atoms with Gasteiger partial charge in [-0.3, -0.25) is 24.1 Å². The molecule has 0 bridgehead atoms. The smallest absolute Gasteiger partial charge is 0.293 e. The molecule has 1 heterocycles. The first kappa shape index (κ1) is 28.1. The van der Waals surface area contributed by atoms with Crippen LogP contribution in [0.1, 0.15) is 28.4 Å². The van der Waals surface area contributed by atoms with E-state index in [1.165, 1.54) is 0 Å². The van der Waals surface area contributed by atoms with E-state index in [1.54, 1.807) is 48.5 Å². The zero-order valence-electron chi connectivity index (χ0n) is 21.2. The van der Waals surface area contributed by atoms with Crippen molar-refractivity contribution in [3.8, 4) is 11.5 Å². The first-order chi connectivity index (χ1) is 18.7. The van der Waals surface area contributed by atoms with Crippen LogP contribution in [0.3, 0.4) is 0 Å². The number of thioether (sulfide) groups is 1. The zero-order valence-corrected chi connectivity index (χ0v) is 23.6. The van der Waals surface area contributed by atoms with Crippen molar-refractivity contribution in [1.29, 1.82) is 0 Å². The molecule has 0 unspecified atom stereocenters. The van der Waals surface area contributed by atoms with E-state index in [0.717, 1.165) is 26.7 Å². The van der Waals surface area contributed by atoms with Crippen molar-refractivity contribution >= 4 is 62.3 Å². The van der Waals surface area contributed by atoms with E-state index < -0.39 is 11.1 Å². The Morgan fingerprint density at radius 2 is 1.74 bits per heavy atom. The van der Waals surface area contributed by atoms with Crippen molar-refractivity contribution in [3.63, 3.8) is 0 Å². The number of aryl methyl sites for hydroxylation is 1. The van der Waals surface area contributed by atoms with Crippen molar-refractivity contribution in [3.05, 3.63) is 92.8 Å². The van der Waals surface area contributed by atoms with Gasteiger partial charge in [-0.05, 0) is 73.1 Å². The standard InChI is InChI=1S/C29H25BrN2O6S/c1-3-37-25-14-19(8-13-24(25)38-17-27(34)31-22-7-5-4-6-18(22)2)15-26-28(35)32(29(36)39-26)16-23(33)20-9-11-21(30)12-10-20/h4-15H,3,16-17H2,1-2H3,(H,31,34)/b26-15-. The number of benzene rings is 3. The number of anilines is 1. The Morgan fingerprint density at radius 1 is 1.00 bits per heavy atom. The maximum atomic E-state index is 12.9. The van der Waals surface area contributed by atoms with Crippen molar-refractivity contribution in [1.82, 2.24) is 4.90 Å². The molecule has 10 heteroatoms. The van der Waals surface area contributed by atoms with Gasteiger partial charge in [0.2, 0.25) is 0 Å². The highest BCUT2D eigenvalue weighted by atomic mass is 79.9. The molecule has 39 heavy (non-hydrogen) atoms. The molecule has 3 aromatic carbocycles. The van der Waals surface area contributed by atoms with Crippen molar-refractivity contribution in [2.45, 2.75) is 13.8 Å². The Kier molecular flexibility index (Phi) is 9.21. The summed E-state index contributed by atoms with van der Waals surface area (Å²) < 4.78 is 12.2. The van der Waals surface area contributed by atoms with Gasteiger partial charge in [-0.15, -0.1) is 0 Å². The van der Waals surface area contributed by atoms with Gasteiger partial charge in [-0.1, -0.05) is 52.3 Å². The number of carbonyl (C=O) groups excluding carboxylic acids is 4. The van der Waals surface area contributed by atoms with Crippen molar-refractivity contribution < 1.29 is 28.7 Å². The molecular formula is C29H25BrN2O6S. The third-order valence-electron chi connectivity index (χ3n) is 5.68. The maximum absolute atomic E-state index is 12.9. The van der Waals surface area contributed by atoms with Crippen LogP contribution in [0.2, 0.25) is 0 Å². The maximum Gasteiger partial charge on any atom is 0.293 e. The van der Waals surface area contributed by atoms with Crippen LogP contribution < -0.4 is 14.8 Å². The zero-order chi connectivity index (χ0) is 27.9. The van der Waals surface area contributed by atoms with Crippen LogP contribution in [0.5, 0.6) is 11.5 Å². The summed E-state index contributed by atoms with van der Waals surface area (Å²) in [6.45, 7) is 3.50. The minimum absolute atomic E-state index is 0.192. The molecule has 1 N–H and O–H groups in total. The lowest BCUT2D eigenvalue weighted by molar-refractivity contribution is -0.122. The lowest BCUT2D eigenvalue weighted by Gasteiger charge is -2.13. The summed E-state index contributed by atoms with van der Waals surface area (Å²) in [5.74, 6) is -0.442. The number of rotatable bonds is 10. The first-order valence-electron chi connectivity index (χ1n) is 12.0. The van der Waals surface area contributed by atoms with Crippen LogP contribution in [0.4, 0.5) is 10.5 Å². The number of imide groups is 1. The number of ether oxygens (including phenoxy) is 2. The van der Waals surface area contributed by atoms with E-state index in [2.05, 4.69) is 21.2 Å². The van der Waals surface area contributed by atoms with E-state index in [-0.39, 0.29) is 29.7 Å². The Labute approximate surface area is 238 Å². The SMILES string of the molecule is CCOc1cc(/C=C2\SC(=O)N(CC(=O)c3ccc(Br)cc3)C2=O)ccc1OCC(=O)Nc1ccccc1C. The number of amides is 3. The monoisotopic (exact) mass is 608 g/mol. The summed E-state index contributed by atoms with van der Waals surface area (Å²) in [5.41, 5.74) is 2.65. The van der Waals surface area contributed by atoms with Crippen LogP contribution >= 0.6 is 27.7 Å². The second-order valence-electron chi connectivity index (χ2n) is 8.49. The van der Waals surface area contributed by atoms with E-state index in [0.29, 0.717) is 34.9 Å². The Bertz CT molecular complexity index is 1450. The van der Waals surface area contributed by atoms with E-state index in [9.17, 15) is 19.2 Å². The van der Waals surface area contributed by atoms with Gasteiger partial charge in [0.1, 0.15) is 0 Å². The number of hydrogen-bond donors (Lipinski definition) is 1. The predicted molar refractivity (Wildman–Crippen MR) is 154 cm³/mol. The third-order valence-corrected chi connectivity index (χ3v) is 7.12. The van der Waals surface area contributed by atoms with Crippen molar-refractivity contribution in [2.75, 3.05) is 25.1 Å². The fourth-order valence-electron chi connectivity index (χ4n) is 3.70. The summed E-state index contributed by atoms with van der Waals surface area (Å²) >= 11 is 4.08. The number of Topliss-reactive ketones (excluding diaryl/α,β-unsaturated/α-hetero) is 1. The highest BCUT2D eigenvalue weighted by Crippen LogP contribution is 2.35. The molecule has 3 aromatic rings. The number of nitrogens with one attached hydrogen (secondary N) is 1. The van der Waals surface area contributed by atoms with E-state index >= 15 is 0 Å². The fraction of sp³-hybridized carbons (Fsp3) is 0.172. The lowest BCUT2D eigenvalue weighted by Crippen LogP contribution is -2.33. The summed E-state index contributed by atoms with van der Waals surface area (Å²) in [7, 11) is 0. The summed E-state index contributed by atoms with van der Waals surface area (Å²) in [5, 5.41) is 2.30. The summed E-state index contributed by atoms with van der Waals surface area (Å²) in [4.78, 5) is 51.6. The molecule has 0 aromatic heterocycles. The number of halogens is 1. The molecule has 4 rings (SSSR count). The van der Waals surface area contributed by atoms with E-state index in [1.807, 2.05) is 38.1 Å². The van der Waals surface area contributed by atoms with Gasteiger partial charge in [0.25, 0.3) is 17.1 Å². The van der Waals surface area contributed by atoms with Gasteiger partial charge in [0.15, 0.2) is 23.9 Å². The number of carbonyl (C=O) groups is 4. The van der Waals surface area contributed by atoms with Gasteiger partial charge >= 0.3 is 0 Å². The average molecular weight is 609 g/mol. The van der Waals surface area contributed by atoms with Gasteiger partial charge in [0, 0.05) is 15.7 Å². The second-order valence-corrected chi connectivity index (χ2v) is 10.4. The molecule has 0 saturated carbocycles. The number of ketones is 1. The number of para-hydroxylation sites is 1. The Balaban J connectivity index is 1.43. The van der Waals surface area contributed by atoms with Crippen molar-refractivity contribution in [2.24, 2.45) is 0 Å². The molecule has 1 fully saturated rings. The quantitative estimate of drug-likeness (QED) is 0.219. The summed E-state index contributed by atoms with van der Waals surface area (Å²) in [6.07, 6.45) is 1.56. The van der Waals surface area contributed by atoms with Gasteiger partial charge in [-0.2, -0.15) is 0 Å². The number of hydrogen-bond acceptors (Lipinski definition) is 7. The highest BCUT2D eigenvalue weighted by molar-refractivity contribution is 9.10. The average Bonchev–Trinajstić information content (AvgIpc) is 3.17. The van der Waals surface area contributed by atoms with Gasteiger partial charge < -0.3 is 14.8 Å². The molecule has 0 atom stereocenters. The van der Waals surface area contributed by atoms with Crippen LogP contribution in [0.15, 0.2) is 76.1 Å². The summed E-state index contributed by atoms with van der Waals surface area (Å²) in [6, 6.07) is 19.1. The largest absolute Gasteiger partial charge is 0.490 e. The van der Waals surface area contributed by atoms with E-state index in [4.69, 9.17) is 9.47 Å². The first-order valence-corrected chi connectivity index (χ1v) is 13.7. The molecule has 0 radical (unpaired) electrons. The minimum Gasteiger partial charge on any atom is -0.490 e. The fourth-order valence-corrected chi connectivity index (χ4v) is 4.81. The third kappa shape index (κ3) is 7.15. The second kappa shape index (κ2) is 12.8. The van der Waals surface area contributed by atoms with Gasteiger partial charge in [0.05, 0.1) is 18.1 Å². The molecule has 1 aliphatic heterocycles. The molecular weight excluding hydrogens is 584 g/mol. The topological polar surface area (TPSA) is 102 Å². The van der Waals surface area contributed by atoms with Crippen LogP contribution in [-0.2, 0) is 9.59 Å². The molecule has 8 nitrogen and oxygen atoms in total. The van der Waals surface area contributed by atoms with Crippen LogP contribution in [-0.4, -0.2) is 47.5 Å². The Morgan fingerprint density at radius 3 is 2.46 bits per heavy atom. The molecule has 0 aliphatic carbocycles. The molecule has 1 aliphatic rings. The van der Waals surface area contributed by atoms with Gasteiger partial charge in [-0.25, -0.2) is 0 Å². The normalized spacial score (nSPS) is 14.0. The Hall–Kier alpha value is -3.89. The van der Waals surface area contributed by atoms with Crippen LogP contribution in [0, 0.1) is 6.92 Å². The lowest BCUT2D eigenvalue weighted by atomic mass is 10.1. The molecule has 0 spiro atoms. The minimum atomic E-state index is -0.540. The molecule has 3 amide bonds.